The highest BCUT2D eigenvalue weighted by molar-refractivity contribution is 6.30. The largest absolute Gasteiger partial charge is 0.421 e. The van der Waals surface area contributed by atoms with Crippen molar-refractivity contribution in [2.24, 2.45) is 0 Å². The lowest BCUT2D eigenvalue weighted by Crippen LogP contribution is -2.01. The average Bonchev–Trinajstić information content (AvgIpc) is 2.90. The van der Waals surface area contributed by atoms with Gasteiger partial charge in [-0.3, -0.25) is 4.57 Å². The normalized spacial score (nSPS) is 10.4. The van der Waals surface area contributed by atoms with Gasteiger partial charge in [0.15, 0.2) is 0 Å². The van der Waals surface area contributed by atoms with E-state index >= 15 is 0 Å². The Hall–Kier alpha value is -2.33. The molecule has 0 atom stereocenters. The van der Waals surface area contributed by atoms with Gasteiger partial charge in [0.05, 0.1) is 24.1 Å². The van der Waals surface area contributed by atoms with Crippen molar-refractivity contribution in [1.29, 1.82) is 0 Å². The van der Waals surface area contributed by atoms with Gasteiger partial charge in [0.2, 0.25) is 11.8 Å². The highest BCUT2D eigenvalue weighted by atomic mass is 35.5. The molecule has 0 bridgehead atoms. The summed E-state index contributed by atoms with van der Waals surface area (Å²) in [6, 6.07) is 13.6. The van der Waals surface area contributed by atoms with Crippen LogP contribution in [0, 0.1) is 0 Å². The number of pyridine rings is 1. The summed E-state index contributed by atoms with van der Waals surface area (Å²) in [5, 5.41) is 0.579. The van der Waals surface area contributed by atoms with Crippen molar-refractivity contribution in [3.8, 4) is 11.8 Å². The van der Waals surface area contributed by atoms with Gasteiger partial charge in [-0.2, -0.15) is 0 Å². The number of hydrogen-bond acceptors (Lipinski definition) is 3. The maximum absolute atomic E-state index is 5.80. The molecule has 0 aliphatic rings. The number of halogens is 1. The summed E-state index contributed by atoms with van der Waals surface area (Å²) in [4.78, 5) is 8.22. The van der Waals surface area contributed by atoms with Crippen molar-refractivity contribution in [1.82, 2.24) is 14.5 Å². The number of ether oxygens (including phenoxy) is 1. The van der Waals surface area contributed by atoms with Crippen LogP contribution < -0.4 is 4.74 Å². The first-order chi connectivity index (χ1) is 9.81. The molecule has 3 rings (SSSR count). The molecule has 0 amide bonds. The van der Waals surface area contributed by atoms with Gasteiger partial charge in [-0.15, -0.1) is 0 Å². The van der Waals surface area contributed by atoms with Crippen LogP contribution in [0.1, 0.15) is 5.56 Å². The monoisotopic (exact) mass is 285 g/mol. The van der Waals surface area contributed by atoms with Gasteiger partial charge in [0, 0.05) is 12.3 Å². The Morgan fingerprint density at radius 2 is 1.90 bits per heavy atom. The van der Waals surface area contributed by atoms with Crippen LogP contribution in [0.15, 0.2) is 61.2 Å². The molecule has 3 aromatic rings. The first kappa shape index (κ1) is 12.7. The van der Waals surface area contributed by atoms with Gasteiger partial charge < -0.3 is 4.74 Å². The van der Waals surface area contributed by atoms with Crippen LogP contribution in [0.5, 0.6) is 11.8 Å². The van der Waals surface area contributed by atoms with Crippen LogP contribution in [0.4, 0.5) is 0 Å². The molecule has 0 saturated carbocycles. The highest BCUT2D eigenvalue weighted by Gasteiger charge is 2.06. The fourth-order valence-corrected chi connectivity index (χ4v) is 1.93. The zero-order valence-corrected chi connectivity index (χ0v) is 11.4. The Morgan fingerprint density at radius 3 is 2.65 bits per heavy atom. The predicted molar refractivity (Wildman–Crippen MR) is 77.1 cm³/mol. The molecule has 1 aromatic carbocycles. The standard InChI is InChI=1S/C15H12ClN3O/c16-13-6-7-14(18-8-13)20-15-9-17-11-19(15)10-12-4-2-1-3-5-12/h1-9,11H,10H2. The molecule has 2 aromatic heterocycles. The van der Waals surface area contributed by atoms with Gasteiger partial charge in [0.25, 0.3) is 0 Å². The summed E-state index contributed by atoms with van der Waals surface area (Å²) in [6.45, 7) is 0.698. The summed E-state index contributed by atoms with van der Waals surface area (Å²) in [6.07, 6.45) is 4.95. The van der Waals surface area contributed by atoms with Crippen LogP contribution in [-0.2, 0) is 6.54 Å². The summed E-state index contributed by atoms with van der Waals surface area (Å²) in [5.74, 6) is 1.13. The second-order valence-electron chi connectivity index (χ2n) is 4.26. The first-order valence-corrected chi connectivity index (χ1v) is 6.52. The smallest absolute Gasteiger partial charge is 0.222 e. The van der Waals surface area contributed by atoms with E-state index in [0.29, 0.717) is 23.3 Å². The SMILES string of the molecule is Clc1ccc(Oc2cncn2Cc2ccccc2)nc1. The molecule has 0 N–H and O–H groups in total. The zero-order chi connectivity index (χ0) is 13.8. The predicted octanol–water partition coefficient (Wildman–Crippen LogP) is 3.77. The second kappa shape index (κ2) is 5.75. The highest BCUT2D eigenvalue weighted by Crippen LogP contribution is 2.21. The van der Waals surface area contributed by atoms with Crippen molar-refractivity contribution >= 4 is 11.6 Å². The lowest BCUT2D eigenvalue weighted by atomic mass is 10.2. The third kappa shape index (κ3) is 2.97. The quantitative estimate of drug-likeness (QED) is 0.732. The Morgan fingerprint density at radius 1 is 1.05 bits per heavy atom. The molecule has 20 heavy (non-hydrogen) atoms. The topological polar surface area (TPSA) is 39.9 Å². The molecular formula is C15H12ClN3O. The maximum Gasteiger partial charge on any atom is 0.222 e. The number of nitrogens with zero attached hydrogens (tertiary/aromatic N) is 3. The lowest BCUT2D eigenvalue weighted by molar-refractivity contribution is 0.420. The summed E-state index contributed by atoms with van der Waals surface area (Å²) >= 11 is 5.80. The second-order valence-corrected chi connectivity index (χ2v) is 4.70. The van der Waals surface area contributed by atoms with Crippen molar-refractivity contribution < 1.29 is 4.74 Å². The summed E-state index contributed by atoms with van der Waals surface area (Å²) < 4.78 is 7.63. The Bertz CT molecular complexity index is 680. The number of benzene rings is 1. The molecule has 0 radical (unpaired) electrons. The first-order valence-electron chi connectivity index (χ1n) is 6.15. The molecule has 100 valence electrons. The number of aromatic nitrogens is 3. The lowest BCUT2D eigenvalue weighted by Gasteiger charge is -2.08. The minimum absolute atomic E-state index is 0.490. The van der Waals surface area contributed by atoms with Crippen LogP contribution >= 0.6 is 11.6 Å². The summed E-state index contributed by atoms with van der Waals surface area (Å²) in [5.41, 5.74) is 1.18. The van der Waals surface area contributed by atoms with Crippen LogP contribution in [0.25, 0.3) is 0 Å². The number of hydrogen-bond donors (Lipinski definition) is 0. The van der Waals surface area contributed by atoms with Crippen molar-refractivity contribution in [3.05, 3.63) is 71.8 Å². The van der Waals surface area contributed by atoms with Crippen LogP contribution in [0.2, 0.25) is 5.02 Å². The molecule has 0 unspecified atom stereocenters. The minimum atomic E-state index is 0.490. The molecule has 0 aliphatic carbocycles. The van der Waals surface area contributed by atoms with Gasteiger partial charge in [-0.25, -0.2) is 9.97 Å². The Balaban J connectivity index is 1.78. The zero-order valence-electron chi connectivity index (χ0n) is 10.6. The molecule has 2 heterocycles. The van der Waals surface area contributed by atoms with E-state index in [1.165, 1.54) is 5.56 Å². The van der Waals surface area contributed by atoms with Crippen molar-refractivity contribution in [2.45, 2.75) is 6.54 Å². The van der Waals surface area contributed by atoms with Gasteiger partial charge >= 0.3 is 0 Å². The molecule has 0 fully saturated rings. The van der Waals surface area contributed by atoms with E-state index in [1.807, 2.05) is 22.8 Å². The van der Waals surface area contributed by atoms with Crippen molar-refractivity contribution in [3.63, 3.8) is 0 Å². The molecule has 5 heteroatoms. The van der Waals surface area contributed by atoms with Crippen LogP contribution in [-0.4, -0.2) is 14.5 Å². The van der Waals surface area contributed by atoms with E-state index < -0.39 is 0 Å². The van der Waals surface area contributed by atoms with E-state index in [0.717, 1.165) is 0 Å². The van der Waals surface area contributed by atoms with E-state index in [1.54, 1.807) is 30.9 Å². The molecule has 4 nitrogen and oxygen atoms in total. The molecular weight excluding hydrogens is 274 g/mol. The van der Waals surface area contributed by atoms with Gasteiger partial charge in [-0.05, 0) is 11.6 Å². The van der Waals surface area contributed by atoms with Crippen molar-refractivity contribution in [2.75, 3.05) is 0 Å². The minimum Gasteiger partial charge on any atom is -0.421 e. The third-order valence-electron chi connectivity index (χ3n) is 2.78. The van der Waals surface area contributed by atoms with Gasteiger partial charge in [0.1, 0.15) is 0 Å². The third-order valence-corrected chi connectivity index (χ3v) is 3.00. The number of imidazole rings is 1. The molecule has 0 spiro atoms. The fourth-order valence-electron chi connectivity index (χ4n) is 1.82. The Kier molecular flexibility index (Phi) is 3.65. The summed E-state index contributed by atoms with van der Waals surface area (Å²) in [7, 11) is 0. The molecule has 0 saturated heterocycles. The average molecular weight is 286 g/mol. The van der Waals surface area contributed by atoms with E-state index in [4.69, 9.17) is 16.3 Å². The fraction of sp³-hybridized carbons (Fsp3) is 0.0667. The maximum atomic E-state index is 5.80. The van der Waals surface area contributed by atoms with E-state index in [2.05, 4.69) is 22.1 Å². The van der Waals surface area contributed by atoms with E-state index in [9.17, 15) is 0 Å². The van der Waals surface area contributed by atoms with Crippen LogP contribution in [0.3, 0.4) is 0 Å². The molecule has 0 aliphatic heterocycles. The number of rotatable bonds is 4. The van der Waals surface area contributed by atoms with E-state index in [-0.39, 0.29) is 0 Å². The van der Waals surface area contributed by atoms with Gasteiger partial charge in [-0.1, -0.05) is 41.9 Å². The Labute approximate surface area is 121 Å².